The molecule has 104 valence electrons. The van der Waals surface area contributed by atoms with Crippen molar-refractivity contribution in [1.82, 2.24) is 0 Å². The van der Waals surface area contributed by atoms with Crippen LogP contribution in [0.15, 0.2) is 33.5 Å². The normalized spacial score (nSPS) is 21.4. The van der Waals surface area contributed by atoms with Crippen LogP contribution in [-0.2, 0) is 4.79 Å². The Morgan fingerprint density at radius 2 is 2.10 bits per heavy atom. The minimum absolute atomic E-state index is 0.0974. The zero-order valence-electron chi connectivity index (χ0n) is 11.4. The molecule has 1 aromatic carbocycles. The van der Waals surface area contributed by atoms with Crippen molar-refractivity contribution in [3.05, 3.63) is 45.8 Å². The SMILES string of the molecule is CC(C)c1ccc2oc(C3CC3C(=O)O)cc(=O)c2c1. The minimum atomic E-state index is -0.826. The predicted molar refractivity (Wildman–Crippen MR) is 75.1 cm³/mol. The molecule has 3 rings (SSSR count). The molecule has 0 radical (unpaired) electrons. The second kappa shape index (κ2) is 4.47. The maximum absolute atomic E-state index is 12.2. The smallest absolute Gasteiger partial charge is 0.307 e. The predicted octanol–water partition coefficient (Wildman–Crippen LogP) is 3.10. The number of carboxylic acids is 1. The summed E-state index contributed by atoms with van der Waals surface area (Å²) in [6, 6.07) is 7.05. The summed E-state index contributed by atoms with van der Waals surface area (Å²) in [5, 5.41) is 9.51. The number of hydrogen-bond acceptors (Lipinski definition) is 3. The molecule has 4 heteroatoms. The highest BCUT2D eigenvalue weighted by Crippen LogP contribution is 2.47. The molecular formula is C16H16O4. The molecule has 0 spiro atoms. The van der Waals surface area contributed by atoms with E-state index in [0.29, 0.717) is 29.1 Å². The maximum Gasteiger partial charge on any atom is 0.307 e. The van der Waals surface area contributed by atoms with E-state index in [1.165, 1.54) is 6.07 Å². The first-order valence-electron chi connectivity index (χ1n) is 6.78. The zero-order valence-corrected chi connectivity index (χ0v) is 11.4. The lowest BCUT2D eigenvalue weighted by atomic mass is 10.0. The van der Waals surface area contributed by atoms with Crippen LogP contribution in [0.1, 0.15) is 43.4 Å². The second-order valence-electron chi connectivity index (χ2n) is 5.71. The third-order valence-electron chi connectivity index (χ3n) is 3.91. The van der Waals surface area contributed by atoms with Gasteiger partial charge in [0.1, 0.15) is 11.3 Å². The number of carbonyl (C=O) groups is 1. The highest BCUT2D eigenvalue weighted by Gasteiger charge is 2.46. The molecule has 2 atom stereocenters. The fraction of sp³-hybridized carbons (Fsp3) is 0.375. The number of hydrogen-bond donors (Lipinski definition) is 1. The average molecular weight is 272 g/mol. The molecule has 1 aliphatic carbocycles. The van der Waals surface area contributed by atoms with Gasteiger partial charge in [-0.2, -0.15) is 0 Å². The first-order valence-corrected chi connectivity index (χ1v) is 6.78. The summed E-state index contributed by atoms with van der Waals surface area (Å²) in [4.78, 5) is 23.1. The highest BCUT2D eigenvalue weighted by atomic mass is 16.4. The summed E-state index contributed by atoms with van der Waals surface area (Å²) >= 11 is 0. The molecule has 2 unspecified atom stereocenters. The Morgan fingerprint density at radius 1 is 1.35 bits per heavy atom. The molecule has 0 amide bonds. The van der Waals surface area contributed by atoms with Crippen LogP contribution in [0.3, 0.4) is 0 Å². The Morgan fingerprint density at radius 3 is 2.70 bits per heavy atom. The Kier molecular flexibility index (Phi) is 2.89. The van der Waals surface area contributed by atoms with E-state index in [-0.39, 0.29) is 11.3 Å². The molecular weight excluding hydrogens is 256 g/mol. The summed E-state index contributed by atoms with van der Waals surface area (Å²) in [6.45, 7) is 4.14. The van der Waals surface area contributed by atoms with Crippen LogP contribution in [-0.4, -0.2) is 11.1 Å². The molecule has 4 nitrogen and oxygen atoms in total. The van der Waals surface area contributed by atoms with Crippen LogP contribution in [0.25, 0.3) is 11.0 Å². The van der Waals surface area contributed by atoms with Gasteiger partial charge < -0.3 is 9.52 Å². The molecule has 1 saturated carbocycles. The molecule has 1 aliphatic rings. The van der Waals surface area contributed by atoms with Gasteiger partial charge in [-0.1, -0.05) is 19.9 Å². The van der Waals surface area contributed by atoms with Crippen LogP contribution in [0.5, 0.6) is 0 Å². The van der Waals surface area contributed by atoms with E-state index in [1.54, 1.807) is 6.07 Å². The number of fused-ring (bicyclic) bond motifs is 1. The second-order valence-corrected chi connectivity index (χ2v) is 5.71. The van der Waals surface area contributed by atoms with E-state index >= 15 is 0 Å². The maximum atomic E-state index is 12.2. The van der Waals surface area contributed by atoms with Crippen LogP contribution in [0.2, 0.25) is 0 Å². The average Bonchev–Trinajstić information content (AvgIpc) is 3.18. The number of carboxylic acid groups (broad SMARTS) is 1. The molecule has 1 aromatic heterocycles. The lowest BCUT2D eigenvalue weighted by Crippen LogP contribution is -2.04. The molecule has 0 saturated heterocycles. The van der Waals surface area contributed by atoms with Crippen LogP contribution in [0.4, 0.5) is 0 Å². The fourth-order valence-electron chi connectivity index (χ4n) is 2.52. The Hall–Kier alpha value is -2.10. The summed E-state index contributed by atoms with van der Waals surface area (Å²) < 4.78 is 5.72. The van der Waals surface area contributed by atoms with Gasteiger partial charge in [0.15, 0.2) is 5.43 Å². The van der Waals surface area contributed by atoms with Gasteiger partial charge in [-0.25, -0.2) is 0 Å². The first-order chi connectivity index (χ1) is 9.47. The summed E-state index contributed by atoms with van der Waals surface area (Å²) in [6.07, 6.45) is 0.549. The van der Waals surface area contributed by atoms with Gasteiger partial charge in [-0.05, 0) is 30.0 Å². The standard InChI is InChI=1S/C16H16O4/c1-8(2)9-3-4-14-12(5-9)13(17)7-15(20-14)10-6-11(10)16(18)19/h3-5,7-8,10-11H,6H2,1-2H3,(H,18,19). The van der Waals surface area contributed by atoms with Gasteiger partial charge in [0.05, 0.1) is 11.3 Å². The third kappa shape index (κ3) is 2.11. The number of rotatable bonds is 3. The summed E-state index contributed by atoms with van der Waals surface area (Å²) in [5.41, 5.74) is 1.53. The molecule has 1 N–H and O–H groups in total. The summed E-state index contributed by atoms with van der Waals surface area (Å²) in [7, 11) is 0. The topological polar surface area (TPSA) is 67.5 Å². The van der Waals surface area contributed by atoms with Crippen molar-refractivity contribution >= 4 is 16.9 Å². The molecule has 0 aliphatic heterocycles. The highest BCUT2D eigenvalue weighted by molar-refractivity contribution is 5.78. The van der Waals surface area contributed by atoms with Gasteiger partial charge in [0.25, 0.3) is 0 Å². The van der Waals surface area contributed by atoms with E-state index in [4.69, 9.17) is 9.52 Å². The summed E-state index contributed by atoms with van der Waals surface area (Å²) in [5.74, 6) is -0.557. The van der Waals surface area contributed by atoms with Crippen molar-refractivity contribution in [1.29, 1.82) is 0 Å². The van der Waals surface area contributed by atoms with Crippen molar-refractivity contribution in [2.75, 3.05) is 0 Å². The van der Waals surface area contributed by atoms with Crippen molar-refractivity contribution in [2.24, 2.45) is 5.92 Å². The van der Waals surface area contributed by atoms with E-state index in [1.807, 2.05) is 12.1 Å². The van der Waals surface area contributed by atoms with Crippen LogP contribution >= 0.6 is 0 Å². The van der Waals surface area contributed by atoms with Gasteiger partial charge >= 0.3 is 5.97 Å². The van der Waals surface area contributed by atoms with Crippen molar-refractivity contribution in [3.8, 4) is 0 Å². The van der Waals surface area contributed by atoms with Gasteiger partial charge in [0, 0.05) is 12.0 Å². The number of aliphatic carboxylic acids is 1. The zero-order chi connectivity index (χ0) is 14.4. The lowest BCUT2D eigenvalue weighted by molar-refractivity contribution is -0.138. The van der Waals surface area contributed by atoms with Crippen LogP contribution < -0.4 is 5.43 Å². The monoisotopic (exact) mass is 272 g/mol. The largest absolute Gasteiger partial charge is 0.481 e. The Bertz CT molecular complexity index is 742. The molecule has 2 aromatic rings. The molecule has 20 heavy (non-hydrogen) atoms. The molecule has 1 fully saturated rings. The van der Waals surface area contributed by atoms with E-state index < -0.39 is 11.9 Å². The first kappa shape index (κ1) is 12.9. The Labute approximate surface area is 116 Å². The van der Waals surface area contributed by atoms with Crippen molar-refractivity contribution in [3.63, 3.8) is 0 Å². The Balaban J connectivity index is 2.05. The van der Waals surface area contributed by atoms with E-state index in [9.17, 15) is 9.59 Å². The van der Waals surface area contributed by atoms with Crippen LogP contribution in [0, 0.1) is 5.92 Å². The number of benzene rings is 1. The van der Waals surface area contributed by atoms with Gasteiger partial charge in [-0.15, -0.1) is 0 Å². The molecule has 1 heterocycles. The quantitative estimate of drug-likeness (QED) is 0.932. The minimum Gasteiger partial charge on any atom is -0.481 e. The van der Waals surface area contributed by atoms with Crippen molar-refractivity contribution < 1.29 is 14.3 Å². The lowest BCUT2D eigenvalue weighted by Gasteiger charge is -2.07. The van der Waals surface area contributed by atoms with Gasteiger partial charge in [0.2, 0.25) is 0 Å². The van der Waals surface area contributed by atoms with E-state index in [0.717, 1.165) is 5.56 Å². The van der Waals surface area contributed by atoms with E-state index in [2.05, 4.69) is 13.8 Å². The fourth-order valence-corrected chi connectivity index (χ4v) is 2.52. The molecule has 0 bridgehead atoms. The van der Waals surface area contributed by atoms with Crippen molar-refractivity contribution in [2.45, 2.75) is 32.1 Å². The van der Waals surface area contributed by atoms with Gasteiger partial charge in [-0.3, -0.25) is 9.59 Å². The third-order valence-corrected chi connectivity index (χ3v) is 3.91.